The van der Waals surface area contributed by atoms with Gasteiger partial charge in [-0.1, -0.05) is 28.9 Å². The van der Waals surface area contributed by atoms with Crippen molar-refractivity contribution in [2.24, 2.45) is 0 Å². The molecular formula is C19H16ClN3O4S. The van der Waals surface area contributed by atoms with E-state index in [0.717, 1.165) is 5.41 Å². The first-order valence-electron chi connectivity index (χ1n) is 8.11. The molecule has 28 heavy (non-hydrogen) atoms. The summed E-state index contributed by atoms with van der Waals surface area (Å²) in [6.45, 7) is 1.64. The SMILES string of the molecule is Cc1oncc1C(=O)Nc1ccc(NS(=O)(=O)C=Cc2ccc(Cl)cc2)cc1. The van der Waals surface area contributed by atoms with Gasteiger partial charge in [-0.25, -0.2) is 8.42 Å². The highest BCUT2D eigenvalue weighted by Gasteiger charge is 2.13. The van der Waals surface area contributed by atoms with Crippen LogP contribution in [0.2, 0.25) is 5.02 Å². The zero-order valence-corrected chi connectivity index (χ0v) is 16.3. The van der Waals surface area contributed by atoms with Crippen LogP contribution in [0.25, 0.3) is 6.08 Å². The van der Waals surface area contributed by atoms with E-state index in [0.29, 0.717) is 33.3 Å². The number of carbonyl (C=O) groups excluding carboxylic acids is 1. The van der Waals surface area contributed by atoms with Gasteiger partial charge in [0.25, 0.3) is 15.9 Å². The Morgan fingerprint density at radius 3 is 2.32 bits per heavy atom. The summed E-state index contributed by atoms with van der Waals surface area (Å²) in [5.41, 5.74) is 1.90. The number of hydrogen-bond donors (Lipinski definition) is 2. The maximum Gasteiger partial charge on any atom is 0.260 e. The Morgan fingerprint density at radius 2 is 1.71 bits per heavy atom. The lowest BCUT2D eigenvalue weighted by molar-refractivity contribution is 0.102. The summed E-state index contributed by atoms with van der Waals surface area (Å²) >= 11 is 5.80. The molecule has 0 aliphatic rings. The van der Waals surface area contributed by atoms with Crippen LogP contribution >= 0.6 is 11.6 Å². The molecular weight excluding hydrogens is 402 g/mol. The number of benzene rings is 2. The molecule has 9 heteroatoms. The van der Waals surface area contributed by atoms with Crippen molar-refractivity contribution in [1.29, 1.82) is 0 Å². The van der Waals surface area contributed by atoms with Gasteiger partial charge in [0, 0.05) is 16.4 Å². The van der Waals surface area contributed by atoms with Gasteiger partial charge >= 0.3 is 0 Å². The molecule has 0 saturated carbocycles. The summed E-state index contributed by atoms with van der Waals surface area (Å²) in [5.74, 6) is 0.0485. The molecule has 0 saturated heterocycles. The minimum absolute atomic E-state index is 0.331. The van der Waals surface area contributed by atoms with Gasteiger partial charge in [-0.3, -0.25) is 9.52 Å². The van der Waals surface area contributed by atoms with E-state index in [-0.39, 0.29) is 5.91 Å². The molecule has 2 N–H and O–H groups in total. The number of aromatic nitrogens is 1. The average Bonchev–Trinajstić information content (AvgIpc) is 3.09. The highest BCUT2D eigenvalue weighted by molar-refractivity contribution is 7.95. The lowest BCUT2D eigenvalue weighted by Gasteiger charge is -2.07. The third-order valence-electron chi connectivity index (χ3n) is 3.71. The molecule has 0 bridgehead atoms. The predicted molar refractivity (Wildman–Crippen MR) is 109 cm³/mol. The summed E-state index contributed by atoms with van der Waals surface area (Å²) in [7, 11) is -3.69. The van der Waals surface area contributed by atoms with Crippen molar-refractivity contribution in [2.45, 2.75) is 6.92 Å². The highest BCUT2D eigenvalue weighted by Crippen LogP contribution is 2.18. The molecule has 0 unspecified atom stereocenters. The van der Waals surface area contributed by atoms with E-state index in [9.17, 15) is 13.2 Å². The molecule has 7 nitrogen and oxygen atoms in total. The van der Waals surface area contributed by atoms with Gasteiger partial charge in [-0.15, -0.1) is 0 Å². The fourth-order valence-corrected chi connectivity index (χ4v) is 3.27. The van der Waals surface area contributed by atoms with Gasteiger partial charge < -0.3 is 9.84 Å². The van der Waals surface area contributed by atoms with E-state index < -0.39 is 10.0 Å². The van der Waals surface area contributed by atoms with Crippen LogP contribution < -0.4 is 10.0 Å². The molecule has 1 aromatic heterocycles. The van der Waals surface area contributed by atoms with E-state index in [1.54, 1.807) is 55.5 Å². The largest absolute Gasteiger partial charge is 0.361 e. The molecule has 0 fully saturated rings. The number of rotatable bonds is 6. The quantitative estimate of drug-likeness (QED) is 0.622. The number of aryl methyl sites for hydroxylation is 1. The third kappa shape index (κ3) is 5.21. The van der Waals surface area contributed by atoms with Crippen LogP contribution in [0.1, 0.15) is 21.7 Å². The molecule has 0 spiro atoms. The van der Waals surface area contributed by atoms with E-state index in [2.05, 4.69) is 15.2 Å². The Labute approximate surface area is 167 Å². The van der Waals surface area contributed by atoms with Gasteiger partial charge in [0.1, 0.15) is 11.3 Å². The average molecular weight is 418 g/mol. The van der Waals surface area contributed by atoms with Crippen LogP contribution in [0.15, 0.2) is 64.7 Å². The van der Waals surface area contributed by atoms with Crippen LogP contribution in [-0.4, -0.2) is 19.5 Å². The lowest BCUT2D eigenvalue weighted by Crippen LogP contribution is -2.12. The second kappa shape index (κ2) is 8.28. The number of hydrogen-bond acceptors (Lipinski definition) is 5. The van der Waals surface area contributed by atoms with E-state index in [1.807, 2.05) is 0 Å². The summed E-state index contributed by atoms with van der Waals surface area (Å²) < 4.78 is 31.7. The second-order valence-electron chi connectivity index (χ2n) is 5.83. The number of carbonyl (C=O) groups is 1. The van der Waals surface area contributed by atoms with Crippen LogP contribution in [0, 0.1) is 6.92 Å². The molecule has 2 aromatic carbocycles. The number of nitrogens with zero attached hydrogens (tertiary/aromatic N) is 1. The van der Waals surface area contributed by atoms with Gasteiger partial charge in [0.2, 0.25) is 0 Å². The third-order valence-corrected chi connectivity index (χ3v) is 4.97. The van der Waals surface area contributed by atoms with Gasteiger partial charge in [0.15, 0.2) is 0 Å². The van der Waals surface area contributed by atoms with Crippen molar-refractivity contribution in [3.63, 3.8) is 0 Å². The fraction of sp³-hybridized carbons (Fsp3) is 0.0526. The van der Waals surface area contributed by atoms with Crippen molar-refractivity contribution in [3.8, 4) is 0 Å². The Morgan fingerprint density at radius 1 is 1.07 bits per heavy atom. The molecule has 0 aliphatic carbocycles. The standard InChI is InChI=1S/C19H16ClN3O4S/c1-13-18(12-21-27-13)19(24)22-16-6-8-17(9-7-16)23-28(25,26)11-10-14-2-4-15(20)5-3-14/h2-12,23H,1H3,(H,22,24). The molecule has 0 aliphatic heterocycles. The molecule has 1 amide bonds. The van der Waals surface area contributed by atoms with Crippen molar-refractivity contribution in [2.75, 3.05) is 10.0 Å². The fourth-order valence-electron chi connectivity index (χ4n) is 2.28. The van der Waals surface area contributed by atoms with Crippen LogP contribution in [-0.2, 0) is 10.0 Å². The Kier molecular flexibility index (Phi) is 5.81. The highest BCUT2D eigenvalue weighted by atomic mass is 35.5. The predicted octanol–water partition coefficient (Wildman–Crippen LogP) is 4.30. The van der Waals surface area contributed by atoms with Crippen molar-refractivity contribution >= 4 is 45.0 Å². The van der Waals surface area contributed by atoms with E-state index in [4.69, 9.17) is 16.1 Å². The van der Waals surface area contributed by atoms with Crippen LogP contribution in [0.5, 0.6) is 0 Å². The summed E-state index contributed by atoms with van der Waals surface area (Å²) in [4.78, 5) is 12.1. The number of halogens is 1. The number of amides is 1. The minimum atomic E-state index is -3.69. The Hall–Kier alpha value is -3.10. The van der Waals surface area contributed by atoms with Crippen molar-refractivity contribution in [3.05, 3.63) is 82.0 Å². The van der Waals surface area contributed by atoms with Crippen LogP contribution in [0.3, 0.4) is 0 Å². The van der Waals surface area contributed by atoms with Gasteiger partial charge in [0.05, 0.1) is 11.6 Å². The summed E-state index contributed by atoms with van der Waals surface area (Å²) in [5, 5.41) is 7.89. The zero-order chi connectivity index (χ0) is 20.1. The first kappa shape index (κ1) is 19.7. The normalized spacial score (nSPS) is 11.5. The molecule has 3 rings (SSSR count). The monoisotopic (exact) mass is 417 g/mol. The number of sulfonamides is 1. The molecule has 144 valence electrons. The zero-order valence-electron chi connectivity index (χ0n) is 14.7. The number of anilines is 2. The molecule has 1 heterocycles. The first-order valence-corrected chi connectivity index (χ1v) is 10.0. The van der Waals surface area contributed by atoms with Gasteiger partial charge in [-0.05, 0) is 55.0 Å². The summed E-state index contributed by atoms with van der Waals surface area (Å²) in [6, 6.07) is 13.0. The minimum Gasteiger partial charge on any atom is -0.361 e. The second-order valence-corrected chi connectivity index (χ2v) is 7.83. The van der Waals surface area contributed by atoms with Crippen molar-refractivity contribution < 1.29 is 17.7 Å². The maximum absolute atomic E-state index is 12.2. The van der Waals surface area contributed by atoms with Crippen LogP contribution in [0.4, 0.5) is 11.4 Å². The maximum atomic E-state index is 12.2. The van der Waals surface area contributed by atoms with E-state index in [1.165, 1.54) is 12.3 Å². The molecule has 0 atom stereocenters. The molecule has 0 radical (unpaired) electrons. The molecule has 3 aromatic rings. The Bertz CT molecular complexity index is 1100. The lowest BCUT2D eigenvalue weighted by atomic mass is 10.2. The topological polar surface area (TPSA) is 101 Å². The van der Waals surface area contributed by atoms with E-state index >= 15 is 0 Å². The smallest absolute Gasteiger partial charge is 0.260 e. The Balaban J connectivity index is 1.63. The van der Waals surface area contributed by atoms with Crippen molar-refractivity contribution in [1.82, 2.24) is 5.16 Å². The number of nitrogens with one attached hydrogen (secondary N) is 2. The van der Waals surface area contributed by atoms with Gasteiger partial charge in [-0.2, -0.15) is 0 Å². The summed E-state index contributed by atoms with van der Waals surface area (Å²) in [6.07, 6.45) is 2.80. The first-order chi connectivity index (χ1) is 13.3.